The molecule has 1 aromatic rings. The molecular weight excluding hydrogens is 295 g/mol. The Morgan fingerprint density at radius 1 is 1.28 bits per heavy atom. The van der Waals surface area contributed by atoms with Crippen molar-refractivity contribution in [2.24, 2.45) is 11.8 Å². The van der Waals surface area contributed by atoms with Crippen LogP contribution in [0.1, 0.15) is 50.2 Å². The Morgan fingerprint density at radius 2 is 2.00 bits per heavy atom. The summed E-state index contributed by atoms with van der Waals surface area (Å²) in [5, 5.41) is 8.71. The van der Waals surface area contributed by atoms with Crippen molar-refractivity contribution in [3.63, 3.8) is 0 Å². The molecule has 1 fully saturated rings. The average Bonchev–Trinajstić information content (AvgIpc) is 2.39. The van der Waals surface area contributed by atoms with Crippen molar-refractivity contribution >= 4 is 0 Å². The summed E-state index contributed by atoms with van der Waals surface area (Å²) in [6, 6.07) is 11.0. The van der Waals surface area contributed by atoms with Crippen molar-refractivity contribution in [2.75, 3.05) is 0 Å². The van der Waals surface area contributed by atoms with E-state index in [-0.39, 0.29) is 32.7 Å². The van der Waals surface area contributed by atoms with Gasteiger partial charge in [-0.05, 0) is 17.9 Å². The van der Waals surface area contributed by atoms with Crippen LogP contribution in [0.2, 0.25) is 0 Å². The molecule has 0 heterocycles. The molecule has 1 nitrogen and oxygen atoms in total. The number of benzene rings is 1. The number of hydrogen-bond acceptors (Lipinski definition) is 1. The Hall–Kier alpha value is -0.186. The first-order valence-corrected chi connectivity index (χ1v) is 6.68. The maximum Gasteiger partial charge on any atom is 3.00 e. The Labute approximate surface area is 136 Å². The fourth-order valence-corrected chi connectivity index (χ4v) is 2.67. The summed E-state index contributed by atoms with van der Waals surface area (Å²) in [5.41, 5.74) is 1.96. The van der Waals surface area contributed by atoms with E-state index >= 15 is 0 Å². The predicted octanol–water partition coefficient (Wildman–Crippen LogP) is 4.11. The minimum atomic E-state index is 0. The van der Waals surface area contributed by atoms with E-state index in [1.165, 1.54) is 37.7 Å². The van der Waals surface area contributed by atoms with Crippen molar-refractivity contribution in [1.82, 2.24) is 0 Å². The molecule has 0 aliphatic heterocycles. The predicted molar refractivity (Wildman–Crippen MR) is 69.4 cm³/mol. The molecule has 1 aliphatic rings. The Bertz CT molecular complexity index is 383. The van der Waals surface area contributed by atoms with Crippen molar-refractivity contribution < 1.29 is 32.7 Å². The smallest absolute Gasteiger partial charge is 0.262 e. The summed E-state index contributed by atoms with van der Waals surface area (Å²) >= 11 is 0. The minimum absolute atomic E-state index is 0. The fourth-order valence-electron chi connectivity index (χ4n) is 2.67. The topological polar surface area (TPSA) is 23.8 Å². The van der Waals surface area contributed by atoms with Gasteiger partial charge in [-0.3, -0.25) is 5.26 Å². The zero-order valence-electron chi connectivity index (χ0n) is 11.2. The van der Waals surface area contributed by atoms with Crippen LogP contribution in [0.4, 0.5) is 0 Å². The molecule has 0 saturated heterocycles. The van der Waals surface area contributed by atoms with Gasteiger partial charge >= 0.3 is 32.7 Å². The molecule has 18 heavy (non-hydrogen) atoms. The van der Waals surface area contributed by atoms with Gasteiger partial charge in [-0.25, -0.2) is 0 Å². The Morgan fingerprint density at radius 3 is 2.56 bits per heavy atom. The van der Waals surface area contributed by atoms with Crippen molar-refractivity contribution in [3.05, 3.63) is 35.4 Å². The van der Waals surface area contributed by atoms with Crippen LogP contribution in [-0.2, 0) is 39.1 Å². The number of nitrogens with zero attached hydrogens (tertiary/aromatic N) is 1. The third-order valence-electron chi connectivity index (χ3n) is 3.97. The van der Waals surface area contributed by atoms with Gasteiger partial charge in [0.15, 0.2) is 0 Å². The van der Waals surface area contributed by atoms with Crippen LogP contribution >= 0.6 is 0 Å². The monoisotopic (exact) mass is 315 g/mol. The van der Waals surface area contributed by atoms with E-state index in [1.54, 1.807) is 0 Å². The summed E-state index contributed by atoms with van der Waals surface area (Å²) in [6.45, 7) is 2.37. The summed E-state index contributed by atoms with van der Waals surface area (Å²) in [5.74, 6) is 1.86. The molecule has 0 radical (unpaired) electrons. The molecule has 0 aromatic heterocycles. The van der Waals surface area contributed by atoms with Crippen LogP contribution in [0.5, 0.6) is 0 Å². The van der Waals surface area contributed by atoms with Gasteiger partial charge in [0.1, 0.15) is 0 Å². The third kappa shape index (κ3) is 4.83. The fraction of sp³-hybridized carbons (Fsp3) is 0.562. The van der Waals surface area contributed by atoms with Gasteiger partial charge in [0.25, 0.3) is 0 Å². The molecule has 90 valence electrons. The molecule has 0 unspecified atom stereocenters. The zero-order chi connectivity index (χ0) is 12.1. The molecule has 1 aromatic carbocycles. The van der Waals surface area contributed by atoms with Gasteiger partial charge in [0.2, 0.25) is 0 Å². The van der Waals surface area contributed by atoms with Gasteiger partial charge in [0, 0.05) is 0 Å². The summed E-state index contributed by atoms with van der Waals surface area (Å²) in [4.78, 5) is 0. The van der Waals surface area contributed by atoms with Crippen LogP contribution in [-0.4, -0.2) is 0 Å². The van der Waals surface area contributed by atoms with Crippen LogP contribution in [0.25, 0.3) is 0 Å². The zero-order valence-corrected chi connectivity index (χ0v) is 14.0. The second-order valence-corrected chi connectivity index (χ2v) is 5.39. The van der Waals surface area contributed by atoms with Crippen LogP contribution in [0, 0.1) is 29.2 Å². The SMILES string of the molecule is CC1CCC(CCc2c[c-]c(C#N)cc2)CC1.[Y+3]. The molecule has 0 spiro atoms. The summed E-state index contributed by atoms with van der Waals surface area (Å²) < 4.78 is 0. The van der Waals surface area contributed by atoms with E-state index in [0.29, 0.717) is 5.56 Å². The van der Waals surface area contributed by atoms with E-state index in [4.69, 9.17) is 5.26 Å². The van der Waals surface area contributed by atoms with Crippen LogP contribution < -0.4 is 0 Å². The number of hydrogen-bond donors (Lipinski definition) is 0. The molecule has 1 aliphatic carbocycles. The second kappa shape index (κ2) is 8.08. The maximum atomic E-state index is 8.71. The molecule has 2 heteroatoms. The van der Waals surface area contributed by atoms with Gasteiger partial charge in [-0.15, -0.1) is 29.8 Å². The largest absolute Gasteiger partial charge is 3.00 e. The molecular formula is C16H20NY+2. The van der Waals surface area contributed by atoms with Crippen LogP contribution in [0.3, 0.4) is 0 Å². The van der Waals surface area contributed by atoms with E-state index in [1.807, 2.05) is 12.1 Å². The number of nitriles is 1. The molecule has 0 N–H and O–H groups in total. The quantitative estimate of drug-likeness (QED) is 0.770. The molecule has 0 bridgehead atoms. The van der Waals surface area contributed by atoms with Gasteiger partial charge in [-0.2, -0.15) is 0 Å². The average molecular weight is 315 g/mol. The first-order valence-electron chi connectivity index (χ1n) is 6.68. The van der Waals surface area contributed by atoms with Crippen molar-refractivity contribution in [3.8, 4) is 6.07 Å². The number of aryl methyl sites for hydroxylation is 1. The third-order valence-corrected chi connectivity index (χ3v) is 3.97. The van der Waals surface area contributed by atoms with E-state index in [2.05, 4.69) is 25.1 Å². The number of rotatable bonds is 3. The first kappa shape index (κ1) is 15.9. The van der Waals surface area contributed by atoms with Crippen molar-refractivity contribution in [2.45, 2.75) is 45.4 Å². The van der Waals surface area contributed by atoms with Gasteiger partial charge < -0.3 is 0 Å². The van der Waals surface area contributed by atoms with Crippen molar-refractivity contribution in [1.29, 1.82) is 5.26 Å². The Balaban J connectivity index is 0.00000162. The normalized spacial score (nSPS) is 22.9. The van der Waals surface area contributed by atoms with Gasteiger partial charge in [-0.1, -0.05) is 51.0 Å². The molecule has 2 rings (SSSR count). The van der Waals surface area contributed by atoms with Gasteiger partial charge in [0.05, 0.1) is 0 Å². The summed E-state index contributed by atoms with van der Waals surface area (Å²) in [7, 11) is 0. The Kier molecular flexibility index (Phi) is 7.12. The van der Waals surface area contributed by atoms with E-state index < -0.39 is 0 Å². The molecule has 1 saturated carbocycles. The maximum absolute atomic E-state index is 8.71. The molecule has 0 atom stereocenters. The summed E-state index contributed by atoms with van der Waals surface area (Å²) in [6.07, 6.45) is 8.06. The van der Waals surface area contributed by atoms with Crippen LogP contribution in [0.15, 0.2) is 18.2 Å². The second-order valence-electron chi connectivity index (χ2n) is 5.39. The standard InChI is InChI=1S/C16H20N.Y/c1-13-2-4-14(5-3-13)6-7-15-8-10-16(12-17)11-9-15;/h8-10,13-14H,2-7H2,1H3;/q-1;+3. The van der Waals surface area contributed by atoms with E-state index in [9.17, 15) is 0 Å². The molecule has 0 amide bonds. The van der Waals surface area contributed by atoms with E-state index in [0.717, 1.165) is 18.3 Å². The first-order chi connectivity index (χ1) is 8.28. The minimum Gasteiger partial charge on any atom is -0.262 e.